The lowest BCUT2D eigenvalue weighted by molar-refractivity contribution is -0.107. The molecule has 0 N–H and O–H groups in total. The van der Waals surface area contributed by atoms with Crippen LogP contribution in [-0.4, -0.2) is 25.1 Å². The van der Waals surface area contributed by atoms with Crippen LogP contribution >= 0.6 is 11.8 Å². The predicted molar refractivity (Wildman–Crippen MR) is 68.6 cm³/mol. The Morgan fingerprint density at radius 3 is 2.82 bits per heavy atom. The normalized spacial score (nSPS) is 10.0. The van der Waals surface area contributed by atoms with E-state index in [1.54, 1.807) is 24.8 Å². The molecule has 4 heteroatoms. The van der Waals surface area contributed by atoms with Crippen molar-refractivity contribution < 1.29 is 14.3 Å². The highest BCUT2D eigenvalue weighted by molar-refractivity contribution is 7.98. The van der Waals surface area contributed by atoms with E-state index in [-0.39, 0.29) is 5.97 Å². The van der Waals surface area contributed by atoms with Gasteiger partial charge < -0.3 is 9.53 Å². The van der Waals surface area contributed by atoms with Crippen molar-refractivity contribution in [1.29, 1.82) is 0 Å². The van der Waals surface area contributed by atoms with Gasteiger partial charge in [-0.1, -0.05) is 6.07 Å². The molecule has 0 aliphatic heterocycles. The smallest absolute Gasteiger partial charge is 0.338 e. The van der Waals surface area contributed by atoms with Gasteiger partial charge in [-0.15, -0.1) is 11.8 Å². The minimum atomic E-state index is -0.301. The number of carbonyl (C=O) groups is 2. The molecule has 1 aromatic rings. The molecule has 0 unspecified atom stereocenters. The van der Waals surface area contributed by atoms with Crippen molar-refractivity contribution in [3.05, 3.63) is 29.3 Å². The van der Waals surface area contributed by atoms with E-state index in [4.69, 9.17) is 4.74 Å². The van der Waals surface area contributed by atoms with E-state index in [9.17, 15) is 9.59 Å². The number of aryl methyl sites for hydroxylation is 1. The molecule has 0 saturated heterocycles. The summed E-state index contributed by atoms with van der Waals surface area (Å²) in [6.07, 6.45) is 4.08. The molecular weight excluding hydrogens is 236 g/mol. The second-order valence-corrected chi connectivity index (χ2v) is 4.30. The molecule has 0 spiro atoms. The first-order valence-corrected chi connectivity index (χ1v) is 6.73. The van der Waals surface area contributed by atoms with Gasteiger partial charge in [0.1, 0.15) is 6.29 Å². The Bertz CT molecular complexity index is 402. The lowest BCUT2D eigenvalue weighted by atomic mass is 10.1. The minimum absolute atomic E-state index is 0.301. The second kappa shape index (κ2) is 7.12. The van der Waals surface area contributed by atoms with E-state index in [0.29, 0.717) is 25.0 Å². The quantitative estimate of drug-likeness (QED) is 0.443. The van der Waals surface area contributed by atoms with Gasteiger partial charge in [-0.05, 0) is 37.3 Å². The van der Waals surface area contributed by atoms with Crippen LogP contribution in [0.15, 0.2) is 23.1 Å². The van der Waals surface area contributed by atoms with E-state index in [0.717, 1.165) is 16.7 Å². The number of benzene rings is 1. The van der Waals surface area contributed by atoms with Crippen LogP contribution < -0.4 is 0 Å². The third-order valence-electron chi connectivity index (χ3n) is 2.33. The van der Waals surface area contributed by atoms with Gasteiger partial charge in [0, 0.05) is 11.3 Å². The fraction of sp³-hybridized carbons (Fsp3) is 0.385. The van der Waals surface area contributed by atoms with E-state index < -0.39 is 0 Å². The lowest BCUT2D eigenvalue weighted by Gasteiger charge is -2.08. The Morgan fingerprint density at radius 2 is 2.24 bits per heavy atom. The Kier molecular flexibility index (Phi) is 5.77. The number of carbonyl (C=O) groups excluding carboxylic acids is 2. The molecule has 0 bridgehead atoms. The Labute approximate surface area is 106 Å². The number of aldehydes is 1. The Balaban J connectivity index is 2.91. The maximum Gasteiger partial charge on any atom is 0.338 e. The van der Waals surface area contributed by atoms with Gasteiger partial charge in [0.2, 0.25) is 0 Å². The van der Waals surface area contributed by atoms with Crippen LogP contribution in [0, 0.1) is 0 Å². The molecule has 0 atom stereocenters. The standard InChI is InChI=1S/C13H16O3S/c1-3-16-13(15)11-7-6-10(5-4-8-14)12(9-11)17-2/h6-9H,3-5H2,1-2H3. The number of hydrogen-bond acceptors (Lipinski definition) is 4. The highest BCUT2D eigenvalue weighted by atomic mass is 32.2. The minimum Gasteiger partial charge on any atom is -0.462 e. The Hall–Kier alpha value is -1.29. The van der Waals surface area contributed by atoms with Crippen molar-refractivity contribution in [2.75, 3.05) is 12.9 Å². The fourth-order valence-electron chi connectivity index (χ4n) is 1.51. The first kappa shape index (κ1) is 13.8. The molecule has 92 valence electrons. The zero-order valence-electron chi connectivity index (χ0n) is 10.1. The topological polar surface area (TPSA) is 43.4 Å². The molecule has 0 saturated carbocycles. The third kappa shape index (κ3) is 3.89. The summed E-state index contributed by atoms with van der Waals surface area (Å²) in [5.41, 5.74) is 1.66. The van der Waals surface area contributed by atoms with Crippen molar-refractivity contribution in [1.82, 2.24) is 0 Å². The van der Waals surface area contributed by atoms with Crippen LogP contribution in [0.4, 0.5) is 0 Å². The van der Waals surface area contributed by atoms with Crippen molar-refractivity contribution in [2.45, 2.75) is 24.7 Å². The van der Waals surface area contributed by atoms with Crippen molar-refractivity contribution in [2.24, 2.45) is 0 Å². The van der Waals surface area contributed by atoms with Gasteiger partial charge in [0.15, 0.2) is 0 Å². The third-order valence-corrected chi connectivity index (χ3v) is 3.15. The first-order chi connectivity index (χ1) is 8.22. The van der Waals surface area contributed by atoms with Gasteiger partial charge >= 0.3 is 5.97 Å². The van der Waals surface area contributed by atoms with E-state index in [1.807, 2.05) is 18.4 Å². The highest BCUT2D eigenvalue weighted by Crippen LogP contribution is 2.23. The Morgan fingerprint density at radius 1 is 1.47 bits per heavy atom. The number of hydrogen-bond donors (Lipinski definition) is 0. The van der Waals surface area contributed by atoms with Gasteiger partial charge in [-0.25, -0.2) is 4.79 Å². The van der Waals surface area contributed by atoms with E-state index in [1.165, 1.54) is 0 Å². The average Bonchev–Trinajstić information content (AvgIpc) is 2.36. The lowest BCUT2D eigenvalue weighted by Crippen LogP contribution is -2.05. The number of rotatable bonds is 6. The molecule has 17 heavy (non-hydrogen) atoms. The SMILES string of the molecule is CCOC(=O)c1ccc(CCC=O)c(SC)c1. The summed E-state index contributed by atoms with van der Waals surface area (Å²) < 4.78 is 4.94. The second-order valence-electron chi connectivity index (χ2n) is 3.45. The summed E-state index contributed by atoms with van der Waals surface area (Å²) in [7, 11) is 0. The molecule has 1 rings (SSSR count). The van der Waals surface area contributed by atoms with Crippen molar-refractivity contribution in [3.8, 4) is 0 Å². The highest BCUT2D eigenvalue weighted by Gasteiger charge is 2.09. The van der Waals surface area contributed by atoms with Crippen molar-refractivity contribution >= 4 is 24.0 Å². The summed E-state index contributed by atoms with van der Waals surface area (Å²) >= 11 is 1.57. The number of esters is 1. The molecule has 0 heterocycles. The summed E-state index contributed by atoms with van der Waals surface area (Å²) in [6.45, 7) is 2.16. The molecule has 3 nitrogen and oxygen atoms in total. The van der Waals surface area contributed by atoms with Crippen LogP contribution in [0.1, 0.15) is 29.3 Å². The molecule has 0 aliphatic carbocycles. The number of ether oxygens (including phenoxy) is 1. The van der Waals surface area contributed by atoms with Crippen molar-refractivity contribution in [3.63, 3.8) is 0 Å². The summed E-state index contributed by atoms with van der Waals surface area (Å²) in [6, 6.07) is 5.46. The summed E-state index contributed by atoms with van der Waals surface area (Å²) in [4.78, 5) is 22.9. The zero-order chi connectivity index (χ0) is 12.7. The van der Waals surface area contributed by atoms with Gasteiger partial charge in [0.05, 0.1) is 12.2 Å². The summed E-state index contributed by atoms with van der Waals surface area (Å²) in [5, 5.41) is 0. The van der Waals surface area contributed by atoms with Crippen LogP contribution in [0.5, 0.6) is 0 Å². The summed E-state index contributed by atoms with van der Waals surface area (Å²) in [5.74, 6) is -0.301. The van der Waals surface area contributed by atoms with E-state index in [2.05, 4.69) is 0 Å². The molecule has 1 aromatic carbocycles. The van der Waals surface area contributed by atoms with Gasteiger partial charge in [-0.2, -0.15) is 0 Å². The first-order valence-electron chi connectivity index (χ1n) is 5.50. The fourth-order valence-corrected chi connectivity index (χ4v) is 2.18. The average molecular weight is 252 g/mol. The van der Waals surface area contributed by atoms with E-state index >= 15 is 0 Å². The largest absolute Gasteiger partial charge is 0.462 e. The van der Waals surface area contributed by atoms with Gasteiger partial charge in [0.25, 0.3) is 0 Å². The van der Waals surface area contributed by atoms with Crippen LogP contribution in [0.25, 0.3) is 0 Å². The van der Waals surface area contributed by atoms with Crippen LogP contribution in [0.2, 0.25) is 0 Å². The molecule has 0 aromatic heterocycles. The molecule has 0 fully saturated rings. The number of thioether (sulfide) groups is 1. The zero-order valence-corrected chi connectivity index (χ0v) is 10.9. The van der Waals surface area contributed by atoms with Crippen LogP contribution in [-0.2, 0) is 16.0 Å². The molecular formula is C13H16O3S. The molecule has 0 amide bonds. The monoisotopic (exact) mass is 252 g/mol. The maximum atomic E-state index is 11.6. The molecule has 0 radical (unpaired) electrons. The molecule has 0 aliphatic rings. The predicted octanol–water partition coefficient (Wildman–Crippen LogP) is 2.72. The maximum absolute atomic E-state index is 11.6. The van der Waals surface area contributed by atoms with Gasteiger partial charge in [-0.3, -0.25) is 0 Å². The van der Waals surface area contributed by atoms with Crippen LogP contribution in [0.3, 0.4) is 0 Å².